The van der Waals surface area contributed by atoms with Crippen LogP contribution in [0.5, 0.6) is 11.5 Å². The van der Waals surface area contributed by atoms with E-state index >= 15 is 0 Å². The van der Waals surface area contributed by atoms with Gasteiger partial charge in [0, 0.05) is 11.3 Å². The average Bonchev–Trinajstić information content (AvgIpc) is 3.16. The quantitative estimate of drug-likeness (QED) is 0.777. The van der Waals surface area contributed by atoms with Crippen molar-refractivity contribution in [1.82, 2.24) is 9.97 Å². The van der Waals surface area contributed by atoms with Gasteiger partial charge in [-0.2, -0.15) is 0 Å². The summed E-state index contributed by atoms with van der Waals surface area (Å²) < 4.78 is 11.1. The van der Waals surface area contributed by atoms with Gasteiger partial charge in [-0.25, -0.2) is 4.98 Å². The molecule has 0 atom stereocenters. The van der Waals surface area contributed by atoms with Crippen LogP contribution < -0.4 is 14.8 Å². The number of para-hydroxylation sites is 1. The minimum atomic E-state index is -0.237. The molecule has 2 N–H and O–H groups in total. The summed E-state index contributed by atoms with van der Waals surface area (Å²) in [6.07, 6.45) is 3.36. The summed E-state index contributed by atoms with van der Waals surface area (Å²) >= 11 is 0. The number of hydrogen-bond donors (Lipinski definition) is 2. The van der Waals surface area contributed by atoms with Gasteiger partial charge in [0.25, 0.3) is 5.91 Å². The molecule has 2 heterocycles. The highest BCUT2D eigenvalue weighted by atomic mass is 16.6. The maximum Gasteiger partial charge on any atom is 0.259 e. The van der Waals surface area contributed by atoms with Crippen molar-refractivity contribution in [2.24, 2.45) is 0 Å². The normalized spacial score (nSPS) is 12.7. The Morgan fingerprint density at radius 3 is 2.88 bits per heavy atom. The van der Waals surface area contributed by atoms with Crippen molar-refractivity contribution >= 4 is 11.6 Å². The number of nitrogens with zero attached hydrogens (tertiary/aromatic N) is 1. The summed E-state index contributed by atoms with van der Waals surface area (Å²) in [5.74, 6) is 0.852. The first-order valence-corrected chi connectivity index (χ1v) is 7.60. The zero-order valence-corrected chi connectivity index (χ0v) is 12.8. The van der Waals surface area contributed by atoms with Crippen LogP contribution in [0, 0.1) is 0 Å². The van der Waals surface area contributed by atoms with E-state index in [4.69, 9.17) is 9.47 Å². The van der Waals surface area contributed by atoms with E-state index in [2.05, 4.69) is 15.3 Å². The Labute approximate surface area is 138 Å². The van der Waals surface area contributed by atoms with Gasteiger partial charge in [-0.3, -0.25) is 4.79 Å². The molecule has 1 aliphatic heterocycles. The van der Waals surface area contributed by atoms with Crippen LogP contribution in [0.1, 0.15) is 10.4 Å². The molecule has 3 aromatic rings. The van der Waals surface area contributed by atoms with Crippen LogP contribution in [0.4, 0.5) is 5.69 Å². The standard InChI is InChI=1S/C18H15N3O3/c22-18(14-5-2-6-16-17(14)24-8-7-23-16)21-13-4-1-3-12(9-13)15-10-19-11-20-15/h1-6,9-11H,7-8H2,(H,19,20)(H,21,22). The lowest BCUT2D eigenvalue weighted by Gasteiger charge is -2.20. The fourth-order valence-electron chi connectivity index (χ4n) is 2.63. The molecule has 6 nitrogen and oxygen atoms in total. The van der Waals surface area contributed by atoms with Crippen molar-refractivity contribution < 1.29 is 14.3 Å². The van der Waals surface area contributed by atoms with E-state index < -0.39 is 0 Å². The smallest absolute Gasteiger partial charge is 0.259 e. The van der Waals surface area contributed by atoms with Gasteiger partial charge in [0.15, 0.2) is 11.5 Å². The van der Waals surface area contributed by atoms with E-state index in [-0.39, 0.29) is 5.91 Å². The molecule has 1 aromatic heterocycles. The second-order valence-corrected chi connectivity index (χ2v) is 5.33. The number of aromatic nitrogens is 2. The summed E-state index contributed by atoms with van der Waals surface area (Å²) in [5, 5.41) is 2.90. The van der Waals surface area contributed by atoms with Crippen LogP contribution in [0.3, 0.4) is 0 Å². The van der Waals surface area contributed by atoms with E-state index in [1.165, 1.54) is 0 Å². The molecule has 6 heteroatoms. The van der Waals surface area contributed by atoms with E-state index in [0.717, 1.165) is 11.3 Å². The van der Waals surface area contributed by atoms with Crippen molar-refractivity contribution in [1.29, 1.82) is 0 Å². The summed E-state index contributed by atoms with van der Waals surface area (Å²) in [7, 11) is 0. The highest BCUT2D eigenvalue weighted by molar-refractivity contribution is 6.07. The minimum Gasteiger partial charge on any atom is -0.486 e. The third-order valence-corrected chi connectivity index (χ3v) is 3.74. The fraction of sp³-hybridized carbons (Fsp3) is 0.111. The van der Waals surface area contributed by atoms with Gasteiger partial charge in [0.1, 0.15) is 13.2 Å². The Hall–Kier alpha value is -3.28. The molecule has 0 radical (unpaired) electrons. The molecular weight excluding hydrogens is 306 g/mol. The molecule has 120 valence electrons. The number of amides is 1. The predicted octanol–water partition coefficient (Wildman–Crippen LogP) is 3.10. The maximum atomic E-state index is 12.6. The van der Waals surface area contributed by atoms with E-state index in [9.17, 15) is 4.79 Å². The monoisotopic (exact) mass is 321 g/mol. The van der Waals surface area contributed by atoms with Gasteiger partial charge < -0.3 is 19.8 Å². The van der Waals surface area contributed by atoms with Crippen molar-refractivity contribution in [3.05, 3.63) is 60.6 Å². The van der Waals surface area contributed by atoms with Crippen molar-refractivity contribution in [2.45, 2.75) is 0 Å². The molecule has 0 aliphatic carbocycles. The van der Waals surface area contributed by atoms with Crippen LogP contribution in [-0.2, 0) is 0 Å². The lowest BCUT2D eigenvalue weighted by Crippen LogP contribution is -2.20. The number of imidazole rings is 1. The summed E-state index contributed by atoms with van der Waals surface area (Å²) in [5.41, 5.74) is 2.99. The van der Waals surface area contributed by atoms with Gasteiger partial charge in [0.05, 0.1) is 23.8 Å². The Bertz CT molecular complexity index is 875. The lowest BCUT2D eigenvalue weighted by molar-refractivity contribution is 0.101. The van der Waals surface area contributed by atoms with Crippen LogP contribution in [0.25, 0.3) is 11.3 Å². The van der Waals surface area contributed by atoms with E-state index in [0.29, 0.717) is 36.0 Å². The average molecular weight is 321 g/mol. The maximum absolute atomic E-state index is 12.6. The molecule has 0 spiro atoms. The van der Waals surface area contributed by atoms with Gasteiger partial charge in [-0.1, -0.05) is 18.2 Å². The van der Waals surface area contributed by atoms with Crippen LogP contribution in [0.2, 0.25) is 0 Å². The van der Waals surface area contributed by atoms with E-state index in [1.54, 1.807) is 30.7 Å². The van der Waals surface area contributed by atoms with Crippen molar-refractivity contribution in [3.8, 4) is 22.8 Å². The largest absolute Gasteiger partial charge is 0.486 e. The number of carbonyl (C=O) groups is 1. The summed E-state index contributed by atoms with van der Waals surface area (Å²) in [4.78, 5) is 19.7. The zero-order chi connectivity index (χ0) is 16.4. The van der Waals surface area contributed by atoms with Crippen molar-refractivity contribution in [2.75, 3.05) is 18.5 Å². The van der Waals surface area contributed by atoms with Crippen molar-refractivity contribution in [3.63, 3.8) is 0 Å². The van der Waals surface area contributed by atoms with Gasteiger partial charge in [0.2, 0.25) is 0 Å². The minimum absolute atomic E-state index is 0.237. The van der Waals surface area contributed by atoms with Gasteiger partial charge in [-0.15, -0.1) is 0 Å². The molecule has 1 amide bonds. The molecule has 0 fully saturated rings. The number of hydrogen-bond acceptors (Lipinski definition) is 4. The first-order valence-electron chi connectivity index (χ1n) is 7.60. The fourth-order valence-corrected chi connectivity index (χ4v) is 2.63. The number of carbonyl (C=O) groups excluding carboxylic acids is 1. The topological polar surface area (TPSA) is 76.2 Å². The van der Waals surface area contributed by atoms with E-state index in [1.807, 2.05) is 24.3 Å². The second-order valence-electron chi connectivity index (χ2n) is 5.33. The summed E-state index contributed by atoms with van der Waals surface area (Å²) in [6, 6.07) is 12.9. The predicted molar refractivity (Wildman–Crippen MR) is 89.4 cm³/mol. The SMILES string of the molecule is O=C(Nc1cccc(-c2cnc[nH]2)c1)c1cccc2c1OCCO2. The van der Waals surface area contributed by atoms with Gasteiger partial charge >= 0.3 is 0 Å². The Morgan fingerprint density at radius 2 is 2.00 bits per heavy atom. The molecule has 4 rings (SSSR count). The number of rotatable bonds is 3. The zero-order valence-electron chi connectivity index (χ0n) is 12.8. The van der Waals surface area contributed by atoms with Crippen LogP contribution >= 0.6 is 0 Å². The van der Waals surface area contributed by atoms with Gasteiger partial charge in [-0.05, 0) is 24.3 Å². The molecule has 2 aromatic carbocycles. The highest BCUT2D eigenvalue weighted by Crippen LogP contribution is 2.34. The number of ether oxygens (including phenoxy) is 2. The second kappa shape index (κ2) is 6.08. The molecule has 1 aliphatic rings. The van der Waals surface area contributed by atoms with Crippen LogP contribution in [-0.4, -0.2) is 29.1 Å². The molecule has 0 unspecified atom stereocenters. The third kappa shape index (κ3) is 2.69. The number of fused-ring (bicyclic) bond motifs is 1. The number of benzene rings is 2. The van der Waals surface area contributed by atoms with Crippen LogP contribution in [0.15, 0.2) is 55.0 Å². The molecule has 0 bridgehead atoms. The number of anilines is 1. The Kier molecular flexibility index (Phi) is 3.63. The summed E-state index contributed by atoms with van der Waals surface area (Å²) in [6.45, 7) is 0.927. The molecule has 0 saturated carbocycles. The third-order valence-electron chi connectivity index (χ3n) is 3.74. The molecule has 24 heavy (non-hydrogen) atoms. The molecule has 0 saturated heterocycles. The number of nitrogens with one attached hydrogen (secondary N) is 2. The highest BCUT2D eigenvalue weighted by Gasteiger charge is 2.20. The molecular formula is C18H15N3O3. The first kappa shape index (κ1) is 14.3. The lowest BCUT2D eigenvalue weighted by atomic mass is 10.1. The Morgan fingerprint density at radius 1 is 1.12 bits per heavy atom. The Balaban J connectivity index is 1.60. The number of H-pyrrole nitrogens is 1. The number of aromatic amines is 1. The first-order chi connectivity index (χ1) is 11.8.